The Morgan fingerprint density at radius 3 is 2.73 bits per heavy atom. The smallest absolute Gasteiger partial charge is 0.330 e. The van der Waals surface area contributed by atoms with Gasteiger partial charge in [0.05, 0.1) is 12.3 Å². The standard InChI is InChI=1S/C11H12N2O2/c1-8-6-12-11(15)13(8)10-5-3-2-4-9(10)7-14/h2-6,14H,7H2,1H3,(H,12,15). The van der Waals surface area contributed by atoms with Gasteiger partial charge in [0.15, 0.2) is 0 Å². The van der Waals surface area contributed by atoms with Gasteiger partial charge in [-0.3, -0.25) is 4.57 Å². The maximum absolute atomic E-state index is 11.5. The Morgan fingerprint density at radius 1 is 1.40 bits per heavy atom. The van der Waals surface area contributed by atoms with E-state index < -0.39 is 0 Å². The number of H-pyrrole nitrogens is 1. The van der Waals surface area contributed by atoms with Gasteiger partial charge in [0.2, 0.25) is 0 Å². The molecule has 1 heterocycles. The molecular formula is C11H12N2O2. The highest BCUT2D eigenvalue weighted by atomic mass is 16.3. The summed E-state index contributed by atoms with van der Waals surface area (Å²) in [5.41, 5.74) is 2.10. The van der Waals surface area contributed by atoms with Crippen LogP contribution in [0.5, 0.6) is 0 Å². The second-order valence-corrected chi connectivity index (χ2v) is 3.36. The van der Waals surface area contributed by atoms with Crippen molar-refractivity contribution in [1.29, 1.82) is 0 Å². The van der Waals surface area contributed by atoms with Crippen molar-refractivity contribution in [3.05, 3.63) is 52.2 Å². The predicted molar refractivity (Wildman–Crippen MR) is 57.0 cm³/mol. The summed E-state index contributed by atoms with van der Waals surface area (Å²) in [4.78, 5) is 14.1. The van der Waals surface area contributed by atoms with Crippen LogP contribution in [0.2, 0.25) is 0 Å². The first-order valence-electron chi connectivity index (χ1n) is 4.70. The molecule has 4 nitrogen and oxygen atoms in total. The van der Waals surface area contributed by atoms with Gasteiger partial charge in [-0.05, 0) is 13.0 Å². The van der Waals surface area contributed by atoms with Crippen LogP contribution in [-0.2, 0) is 6.61 Å². The Morgan fingerprint density at radius 2 is 2.13 bits per heavy atom. The minimum absolute atomic E-state index is 0.0762. The van der Waals surface area contributed by atoms with Crippen LogP contribution >= 0.6 is 0 Å². The van der Waals surface area contributed by atoms with E-state index in [0.717, 1.165) is 16.9 Å². The number of nitrogens with zero attached hydrogens (tertiary/aromatic N) is 1. The fraction of sp³-hybridized carbons (Fsp3) is 0.182. The van der Waals surface area contributed by atoms with E-state index in [1.165, 1.54) is 0 Å². The van der Waals surface area contributed by atoms with Crippen LogP contribution < -0.4 is 5.69 Å². The summed E-state index contributed by atoms with van der Waals surface area (Å²) < 4.78 is 1.55. The number of rotatable bonds is 2. The van der Waals surface area contributed by atoms with Gasteiger partial charge in [0.1, 0.15) is 0 Å². The first-order valence-corrected chi connectivity index (χ1v) is 4.70. The lowest BCUT2D eigenvalue weighted by Crippen LogP contribution is -2.17. The van der Waals surface area contributed by atoms with Crippen molar-refractivity contribution >= 4 is 0 Å². The zero-order chi connectivity index (χ0) is 10.8. The molecule has 0 aliphatic heterocycles. The van der Waals surface area contributed by atoms with Gasteiger partial charge in [-0.25, -0.2) is 4.79 Å². The number of aromatic amines is 1. The van der Waals surface area contributed by atoms with Crippen molar-refractivity contribution in [2.75, 3.05) is 0 Å². The van der Waals surface area contributed by atoms with Crippen LogP contribution in [0.4, 0.5) is 0 Å². The van der Waals surface area contributed by atoms with Gasteiger partial charge >= 0.3 is 5.69 Å². The third-order valence-electron chi connectivity index (χ3n) is 2.36. The third kappa shape index (κ3) is 1.59. The molecule has 0 aliphatic carbocycles. The average molecular weight is 204 g/mol. The molecule has 2 rings (SSSR count). The number of nitrogens with one attached hydrogen (secondary N) is 1. The molecule has 0 saturated heterocycles. The summed E-state index contributed by atoms with van der Waals surface area (Å²) in [5, 5.41) is 9.17. The molecule has 78 valence electrons. The van der Waals surface area contributed by atoms with Gasteiger partial charge in [-0.1, -0.05) is 18.2 Å². The van der Waals surface area contributed by atoms with Crippen molar-refractivity contribution in [1.82, 2.24) is 9.55 Å². The van der Waals surface area contributed by atoms with Crippen LogP contribution in [-0.4, -0.2) is 14.7 Å². The monoisotopic (exact) mass is 204 g/mol. The van der Waals surface area contributed by atoms with Crippen molar-refractivity contribution in [2.45, 2.75) is 13.5 Å². The van der Waals surface area contributed by atoms with E-state index in [2.05, 4.69) is 4.98 Å². The molecule has 4 heteroatoms. The summed E-state index contributed by atoms with van der Waals surface area (Å²) in [6, 6.07) is 7.29. The van der Waals surface area contributed by atoms with Crippen LogP contribution in [0.15, 0.2) is 35.3 Å². The number of hydrogen-bond donors (Lipinski definition) is 2. The lowest BCUT2D eigenvalue weighted by atomic mass is 10.2. The van der Waals surface area contributed by atoms with Crippen molar-refractivity contribution in [2.24, 2.45) is 0 Å². The number of para-hydroxylation sites is 1. The summed E-state index contributed by atoms with van der Waals surface area (Å²) in [7, 11) is 0. The Hall–Kier alpha value is -1.81. The number of hydrogen-bond acceptors (Lipinski definition) is 2. The molecule has 0 saturated carbocycles. The van der Waals surface area contributed by atoms with E-state index in [-0.39, 0.29) is 12.3 Å². The van der Waals surface area contributed by atoms with Crippen LogP contribution in [0.1, 0.15) is 11.3 Å². The molecule has 0 radical (unpaired) electrons. The third-order valence-corrected chi connectivity index (χ3v) is 2.36. The number of aliphatic hydroxyl groups is 1. The number of imidazole rings is 1. The second kappa shape index (κ2) is 3.74. The van der Waals surface area contributed by atoms with E-state index in [9.17, 15) is 9.90 Å². The molecule has 2 N–H and O–H groups in total. The summed E-state index contributed by atoms with van der Waals surface area (Å²) >= 11 is 0. The first kappa shape index (κ1) is 9.73. The van der Waals surface area contributed by atoms with Gasteiger partial charge in [-0.2, -0.15) is 0 Å². The van der Waals surface area contributed by atoms with Crippen molar-refractivity contribution in [3.8, 4) is 5.69 Å². The van der Waals surface area contributed by atoms with Crippen LogP contribution in [0.25, 0.3) is 5.69 Å². The summed E-state index contributed by atoms with van der Waals surface area (Å²) in [5.74, 6) is 0. The molecule has 15 heavy (non-hydrogen) atoms. The maximum atomic E-state index is 11.5. The Kier molecular flexibility index (Phi) is 2.43. The molecule has 1 aromatic carbocycles. The number of aliphatic hydroxyl groups excluding tert-OH is 1. The fourth-order valence-corrected chi connectivity index (χ4v) is 1.62. The van der Waals surface area contributed by atoms with Crippen LogP contribution in [0.3, 0.4) is 0 Å². The highest BCUT2D eigenvalue weighted by Gasteiger charge is 2.07. The SMILES string of the molecule is Cc1c[nH]c(=O)n1-c1ccccc1CO. The van der Waals surface area contributed by atoms with E-state index in [0.29, 0.717) is 0 Å². The maximum Gasteiger partial charge on any atom is 0.330 e. The highest BCUT2D eigenvalue weighted by molar-refractivity contribution is 5.41. The predicted octanol–water partition coefficient (Wildman–Crippen LogP) is 0.966. The van der Waals surface area contributed by atoms with E-state index in [4.69, 9.17) is 0 Å². The van der Waals surface area contributed by atoms with Crippen LogP contribution in [0, 0.1) is 6.92 Å². The quantitative estimate of drug-likeness (QED) is 0.765. The zero-order valence-corrected chi connectivity index (χ0v) is 8.40. The minimum Gasteiger partial charge on any atom is -0.392 e. The molecule has 0 spiro atoms. The average Bonchev–Trinajstić information content (AvgIpc) is 2.59. The molecule has 0 bridgehead atoms. The largest absolute Gasteiger partial charge is 0.392 e. The lowest BCUT2D eigenvalue weighted by Gasteiger charge is -2.08. The van der Waals surface area contributed by atoms with E-state index >= 15 is 0 Å². The molecule has 0 aliphatic rings. The van der Waals surface area contributed by atoms with Crippen molar-refractivity contribution < 1.29 is 5.11 Å². The highest BCUT2D eigenvalue weighted by Crippen LogP contribution is 2.13. The molecular weight excluding hydrogens is 192 g/mol. The fourth-order valence-electron chi connectivity index (χ4n) is 1.62. The molecule has 0 fully saturated rings. The molecule has 1 aromatic heterocycles. The summed E-state index contributed by atoms with van der Waals surface area (Å²) in [6.45, 7) is 1.76. The lowest BCUT2D eigenvalue weighted by molar-refractivity contribution is 0.281. The topological polar surface area (TPSA) is 58.0 Å². The van der Waals surface area contributed by atoms with Gasteiger partial charge in [-0.15, -0.1) is 0 Å². The molecule has 2 aromatic rings. The van der Waals surface area contributed by atoms with Gasteiger partial charge in [0.25, 0.3) is 0 Å². The van der Waals surface area contributed by atoms with Gasteiger partial charge in [0, 0.05) is 17.5 Å². The first-order chi connectivity index (χ1) is 7.24. The Bertz CT molecular complexity index is 525. The molecule has 0 atom stereocenters. The molecule has 0 unspecified atom stereocenters. The minimum atomic E-state index is -0.187. The number of aromatic nitrogens is 2. The number of aryl methyl sites for hydroxylation is 1. The van der Waals surface area contributed by atoms with E-state index in [1.54, 1.807) is 16.8 Å². The number of benzene rings is 1. The normalized spacial score (nSPS) is 10.5. The van der Waals surface area contributed by atoms with E-state index in [1.807, 2.05) is 25.1 Å². The van der Waals surface area contributed by atoms with Gasteiger partial charge < -0.3 is 10.1 Å². The Labute approximate surface area is 86.8 Å². The summed E-state index contributed by atoms with van der Waals surface area (Å²) in [6.07, 6.45) is 1.65. The Balaban J connectivity index is 2.69. The molecule has 0 amide bonds. The second-order valence-electron chi connectivity index (χ2n) is 3.36. The zero-order valence-electron chi connectivity index (χ0n) is 8.40. The van der Waals surface area contributed by atoms with Crippen molar-refractivity contribution in [3.63, 3.8) is 0 Å².